The molecule has 2 rings (SSSR count). The van der Waals surface area contributed by atoms with Crippen LogP contribution >= 0.6 is 23.2 Å². The first kappa shape index (κ1) is 19.1. The molecule has 132 valence electrons. The Morgan fingerprint density at radius 1 is 0.920 bits per heavy atom. The summed E-state index contributed by atoms with van der Waals surface area (Å²) >= 11 is 11.7. The van der Waals surface area contributed by atoms with Crippen LogP contribution < -0.4 is 10.6 Å². The van der Waals surface area contributed by atoms with Crippen LogP contribution in [0.25, 0.3) is 0 Å². The predicted molar refractivity (Wildman–Crippen MR) is 93.9 cm³/mol. The van der Waals surface area contributed by atoms with E-state index in [1.807, 2.05) is 0 Å². The molecular weight excluding hydrogens is 373 g/mol. The van der Waals surface area contributed by atoms with Crippen LogP contribution in [-0.2, 0) is 9.59 Å². The fourth-order valence-corrected chi connectivity index (χ4v) is 2.43. The second-order valence-corrected chi connectivity index (χ2v) is 6.66. The monoisotopic (exact) mass is 386 g/mol. The maximum absolute atomic E-state index is 13.7. The summed E-state index contributed by atoms with van der Waals surface area (Å²) in [5.41, 5.74) is -1.94. The largest absolute Gasteiger partial charge is 0.325 e. The van der Waals surface area contributed by atoms with Gasteiger partial charge in [0.05, 0.1) is 0 Å². The number of amides is 2. The van der Waals surface area contributed by atoms with E-state index in [2.05, 4.69) is 10.6 Å². The highest BCUT2D eigenvalue weighted by molar-refractivity contribution is 6.35. The number of carbonyl (C=O) groups excluding carboxylic acids is 2. The summed E-state index contributed by atoms with van der Waals surface area (Å²) in [5.74, 6) is -3.44. The van der Waals surface area contributed by atoms with Gasteiger partial charge in [-0.2, -0.15) is 0 Å². The van der Waals surface area contributed by atoms with Gasteiger partial charge < -0.3 is 10.6 Å². The number of hydrogen-bond acceptors (Lipinski definition) is 2. The third-order valence-corrected chi connectivity index (χ3v) is 3.89. The number of para-hydroxylation sites is 1. The molecule has 0 unspecified atom stereocenters. The predicted octanol–water partition coefficient (Wildman–Crippen LogP) is 4.88. The first-order chi connectivity index (χ1) is 11.6. The SMILES string of the molecule is CC(C)(C(=O)Nc1cc(Cl)cc(Cl)c1)C(=O)Nc1c(F)cccc1F. The molecule has 0 aliphatic rings. The highest BCUT2D eigenvalue weighted by Gasteiger charge is 2.37. The number of halogens is 4. The van der Waals surface area contributed by atoms with Crippen LogP contribution in [0.1, 0.15) is 13.8 Å². The molecule has 0 saturated carbocycles. The maximum atomic E-state index is 13.7. The highest BCUT2D eigenvalue weighted by atomic mass is 35.5. The molecule has 0 fully saturated rings. The van der Waals surface area contributed by atoms with E-state index in [0.717, 1.165) is 12.1 Å². The summed E-state index contributed by atoms with van der Waals surface area (Å²) < 4.78 is 27.3. The Kier molecular flexibility index (Phi) is 5.65. The van der Waals surface area contributed by atoms with Crippen molar-refractivity contribution in [1.29, 1.82) is 0 Å². The van der Waals surface area contributed by atoms with Gasteiger partial charge in [-0.25, -0.2) is 8.78 Å². The van der Waals surface area contributed by atoms with Crippen molar-refractivity contribution in [3.63, 3.8) is 0 Å². The van der Waals surface area contributed by atoms with Crippen LogP contribution in [-0.4, -0.2) is 11.8 Å². The first-order valence-electron chi connectivity index (χ1n) is 7.14. The molecule has 0 bridgehead atoms. The third-order valence-electron chi connectivity index (χ3n) is 3.46. The molecule has 2 N–H and O–H groups in total. The van der Waals surface area contributed by atoms with Gasteiger partial charge in [-0.05, 0) is 44.2 Å². The lowest BCUT2D eigenvalue weighted by Crippen LogP contribution is -2.42. The van der Waals surface area contributed by atoms with Gasteiger partial charge in [0, 0.05) is 15.7 Å². The van der Waals surface area contributed by atoms with Gasteiger partial charge in [0.25, 0.3) is 0 Å². The highest BCUT2D eigenvalue weighted by Crippen LogP contribution is 2.27. The van der Waals surface area contributed by atoms with Crippen molar-refractivity contribution in [2.24, 2.45) is 5.41 Å². The second-order valence-electron chi connectivity index (χ2n) is 5.79. The van der Waals surface area contributed by atoms with E-state index in [4.69, 9.17) is 23.2 Å². The Morgan fingerprint density at radius 2 is 1.40 bits per heavy atom. The normalized spacial score (nSPS) is 11.1. The quantitative estimate of drug-likeness (QED) is 0.735. The Morgan fingerprint density at radius 3 is 1.92 bits per heavy atom. The zero-order valence-electron chi connectivity index (χ0n) is 13.3. The van der Waals surface area contributed by atoms with E-state index in [9.17, 15) is 18.4 Å². The van der Waals surface area contributed by atoms with Crippen LogP contribution in [0.2, 0.25) is 10.0 Å². The molecule has 2 amide bonds. The minimum absolute atomic E-state index is 0.292. The average Bonchev–Trinajstić information content (AvgIpc) is 2.49. The lowest BCUT2D eigenvalue weighted by molar-refractivity contribution is -0.135. The van der Waals surface area contributed by atoms with Crippen LogP contribution in [0.5, 0.6) is 0 Å². The van der Waals surface area contributed by atoms with Crippen molar-refractivity contribution in [3.05, 3.63) is 58.1 Å². The molecular formula is C17H14Cl2F2N2O2. The lowest BCUT2D eigenvalue weighted by atomic mass is 9.90. The van der Waals surface area contributed by atoms with E-state index in [1.54, 1.807) is 0 Å². The number of carbonyl (C=O) groups is 2. The van der Waals surface area contributed by atoms with Crippen LogP contribution in [0.3, 0.4) is 0 Å². The molecule has 0 aliphatic heterocycles. The number of anilines is 2. The van der Waals surface area contributed by atoms with Crippen molar-refractivity contribution in [1.82, 2.24) is 0 Å². The Balaban J connectivity index is 2.18. The van der Waals surface area contributed by atoms with Crippen LogP contribution in [0.15, 0.2) is 36.4 Å². The lowest BCUT2D eigenvalue weighted by Gasteiger charge is -2.23. The summed E-state index contributed by atoms with van der Waals surface area (Å²) in [4.78, 5) is 24.8. The molecule has 25 heavy (non-hydrogen) atoms. The zero-order chi connectivity index (χ0) is 18.8. The standard InChI is InChI=1S/C17H14Cl2F2N2O2/c1-17(2,15(24)22-11-7-9(18)6-10(19)8-11)16(25)23-14-12(20)4-3-5-13(14)21/h3-8H,1-2H3,(H,22,24)(H,23,25). The number of benzene rings is 2. The van der Waals surface area contributed by atoms with E-state index < -0.39 is 34.6 Å². The minimum atomic E-state index is -1.62. The molecule has 2 aromatic rings. The third kappa shape index (κ3) is 4.46. The van der Waals surface area contributed by atoms with Crippen molar-refractivity contribution < 1.29 is 18.4 Å². The molecule has 0 heterocycles. The summed E-state index contributed by atoms with van der Waals surface area (Å²) in [6.45, 7) is 2.64. The molecule has 2 aromatic carbocycles. The van der Waals surface area contributed by atoms with Crippen molar-refractivity contribution in [2.75, 3.05) is 10.6 Å². The van der Waals surface area contributed by atoms with Gasteiger partial charge in [0.2, 0.25) is 11.8 Å². The van der Waals surface area contributed by atoms with E-state index >= 15 is 0 Å². The van der Waals surface area contributed by atoms with E-state index in [0.29, 0.717) is 15.7 Å². The molecule has 0 aromatic heterocycles. The van der Waals surface area contributed by atoms with Gasteiger partial charge in [-0.1, -0.05) is 29.3 Å². The van der Waals surface area contributed by atoms with E-state index in [-0.39, 0.29) is 0 Å². The van der Waals surface area contributed by atoms with Gasteiger partial charge >= 0.3 is 0 Å². The summed E-state index contributed by atoms with van der Waals surface area (Å²) in [6, 6.07) is 7.56. The topological polar surface area (TPSA) is 58.2 Å². The molecule has 0 spiro atoms. The summed E-state index contributed by atoms with van der Waals surface area (Å²) in [5, 5.41) is 5.22. The van der Waals surface area contributed by atoms with Crippen molar-refractivity contribution in [2.45, 2.75) is 13.8 Å². The first-order valence-corrected chi connectivity index (χ1v) is 7.90. The Bertz CT molecular complexity index is 801. The van der Waals surface area contributed by atoms with Crippen LogP contribution in [0.4, 0.5) is 20.2 Å². The van der Waals surface area contributed by atoms with E-state index in [1.165, 1.54) is 38.1 Å². The zero-order valence-corrected chi connectivity index (χ0v) is 14.8. The number of hydrogen-bond donors (Lipinski definition) is 2. The molecule has 0 atom stereocenters. The smallest absolute Gasteiger partial charge is 0.239 e. The van der Waals surface area contributed by atoms with Gasteiger partial charge in [0.1, 0.15) is 22.7 Å². The molecule has 0 saturated heterocycles. The van der Waals surface area contributed by atoms with Crippen LogP contribution in [0, 0.1) is 17.0 Å². The molecule has 0 radical (unpaired) electrons. The molecule has 0 aliphatic carbocycles. The molecule has 4 nitrogen and oxygen atoms in total. The Labute approximate surface area is 153 Å². The van der Waals surface area contributed by atoms with Gasteiger partial charge in [-0.15, -0.1) is 0 Å². The maximum Gasteiger partial charge on any atom is 0.239 e. The van der Waals surface area contributed by atoms with Gasteiger partial charge in [-0.3, -0.25) is 9.59 Å². The summed E-state index contributed by atoms with van der Waals surface area (Å²) in [6.07, 6.45) is 0. The number of nitrogens with one attached hydrogen (secondary N) is 2. The number of rotatable bonds is 4. The van der Waals surface area contributed by atoms with Gasteiger partial charge in [0.15, 0.2) is 0 Å². The minimum Gasteiger partial charge on any atom is -0.325 e. The summed E-state index contributed by atoms with van der Waals surface area (Å²) in [7, 11) is 0. The fraction of sp³-hybridized carbons (Fsp3) is 0.176. The van der Waals surface area contributed by atoms with Crippen molar-refractivity contribution in [3.8, 4) is 0 Å². The second kappa shape index (κ2) is 7.37. The molecule has 8 heteroatoms. The Hall–Kier alpha value is -2.18. The average molecular weight is 387 g/mol. The van der Waals surface area contributed by atoms with Crippen molar-refractivity contribution >= 4 is 46.4 Å². The fourth-order valence-electron chi connectivity index (χ4n) is 1.90.